The summed E-state index contributed by atoms with van der Waals surface area (Å²) in [6.45, 7) is 8.66. The summed E-state index contributed by atoms with van der Waals surface area (Å²) in [7, 11) is 0. The number of amides is 2. The average molecular weight is 493 g/mol. The number of para-hydroxylation sites is 2. The molecule has 36 heavy (non-hydrogen) atoms. The van der Waals surface area contributed by atoms with Crippen LogP contribution in [0.5, 0.6) is 17.2 Å². The molecule has 0 saturated heterocycles. The predicted octanol–water partition coefficient (Wildman–Crippen LogP) is 6.18. The fourth-order valence-electron chi connectivity index (χ4n) is 4.41. The second-order valence-corrected chi connectivity index (χ2v) is 9.29. The minimum atomic E-state index is -0.314. The molecule has 1 aliphatic heterocycles. The SMILES string of the molecule is CCCCC[C@@H](CNC(=O)Nc1c(OC(C)C)c(C)nn1-c1ccccc1)c1cccc2c1OCO2. The summed E-state index contributed by atoms with van der Waals surface area (Å²) in [5, 5.41) is 10.7. The second-order valence-electron chi connectivity index (χ2n) is 9.29. The first-order valence-corrected chi connectivity index (χ1v) is 12.7. The van der Waals surface area contributed by atoms with Crippen molar-refractivity contribution in [1.29, 1.82) is 0 Å². The van der Waals surface area contributed by atoms with E-state index in [1.165, 1.54) is 0 Å². The van der Waals surface area contributed by atoms with Crippen molar-refractivity contribution in [1.82, 2.24) is 15.1 Å². The molecule has 0 radical (unpaired) electrons. The highest BCUT2D eigenvalue weighted by atomic mass is 16.7. The smallest absolute Gasteiger partial charge is 0.320 e. The molecule has 0 aliphatic carbocycles. The summed E-state index contributed by atoms with van der Waals surface area (Å²) in [5.41, 5.74) is 2.61. The summed E-state index contributed by atoms with van der Waals surface area (Å²) in [5.74, 6) is 2.72. The molecule has 0 spiro atoms. The Labute approximate surface area is 212 Å². The third-order valence-electron chi connectivity index (χ3n) is 6.12. The molecule has 0 fully saturated rings. The Hall–Kier alpha value is -3.68. The van der Waals surface area contributed by atoms with Gasteiger partial charge in [0.05, 0.1) is 11.8 Å². The van der Waals surface area contributed by atoms with Crippen LogP contribution >= 0.6 is 0 Å². The van der Waals surface area contributed by atoms with Gasteiger partial charge in [0.2, 0.25) is 6.79 Å². The predicted molar refractivity (Wildman–Crippen MR) is 141 cm³/mol. The van der Waals surface area contributed by atoms with Crippen LogP contribution in [0.25, 0.3) is 5.69 Å². The van der Waals surface area contributed by atoms with Gasteiger partial charge in [-0.15, -0.1) is 0 Å². The largest absolute Gasteiger partial charge is 0.485 e. The van der Waals surface area contributed by atoms with Gasteiger partial charge in [-0.1, -0.05) is 56.5 Å². The van der Waals surface area contributed by atoms with Crippen molar-refractivity contribution >= 4 is 11.8 Å². The number of rotatable bonds is 11. The van der Waals surface area contributed by atoms with Gasteiger partial charge in [0.1, 0.15) is 5.69 Å². The number of aryl methyl sites for hydroxylation is 1. The summed E-state index contributed by atoms with van der Waals surface area (Å²) in [6.07, 6.45) is 4.22. The van der Waals surface area contributed by atoms with Gasteiger partial charge in [0, 0.05) is 18.0 Å². The molecular formula is C28H36N4O4. The lowest BCUT2D eigenvalue weighted by Gasteiger charge is -2.20. The maximum atomic E-state index is 13.2. The number of anilines is 1. The standard InChI is InChI=1S/C28H36N4O4/c1-5-6-8-12-21(23-15-11-16-24-26(23)35-18-34-24)17-29-28(33)30-27-25(36-19(2)3)20(4)31-32(27)22-13-9-7-10-14-22/h7,9-11,13-16,19,21H,5-6,8,12,17-18H2,1-4H3,(H2,29,30,33)/t21-/m0/s1. The van der Waals surface area contributed by atoms with E-state index in [0.717, 1.165) is 48.4 Å². The number of fused-ring (bicyclic) bond motifs is 1. The number of hydrogen-bond donors (Lipinski definition) is 2. The number of hydrogen-bond acceptors (Lipinski definition) is 5. The summed E-state index contributed by atoms with van der Waals surface area (Å²) in [6, 6.07) is 15.3. The third kappa shape index (κ3) is 5.93. The molecule has 8 nitrogen and oxygen atoms in total. The van der Waals surface area contributed by atoms with E-state index < -0.39 is 0 Å². The van der Waals surface area contributed by atoms with Crippen LogP contribution in [0.15, 0.2) is 48.5 Å². The summed E-state index contributed by atoms with van der Waals surface area (Å²) < 4.78 is 19.1. The molecule has 2 N–H and O–H groups in total. The number of carbonyl (C=O) groups is 1. The zero-order chi connectivity index (χ0) is 25.5. The molecule has 4 rings (SSSR count). The lowest BCUT2D eigenvalue weighted by atomic mass is 9.92. The number of unbranched alkanes of at least 4 members (excludes halogenated alkanes) is 2. The van der Waals surface area contributed by atoms with Gasteiger partial charge in [0.15, 0.2) is 23.1 Å². The first kappa shape index (κ1) is 25.4. The Morgan fingerprint density at radius 1 is 1.11 bits per heavy atom. The fraction of sp³-hybridized carbons (Fsp3) is 0.429. The third-order valence-corrected chi connectivity index (χ3v) is 6.12. The monoisotopic (exact) mass is 492 g/mol. The Morgan fingerprint density at radius 3 is 2.67 bits per heavy atom. The first-order valence-electron chi connectivity index (χ1n) is 12.7. The van der Waals surface area contributed by atoms with Crippen molar-refractivity contribution in [2.24, 2.45) is 0 Å². The van der Waals surface area contributed by atoms with Gasteiger partial charge in [-0.2, -0.15) is 5.10 Å². The molecule has 2 aromatic carbocycles. The highest BCUT2D eigenvalue weighted by molar-refractivity contribution is 5.90. The topological polar surface area (TPSA) is 86.6 Å². The van der Waals surface area contributed by atoms with E-state index in [9.17, 15) is 4.79 Å². The quantitative estimate of drug-likeness (QED) is 0.312. The van der Waals surface area contributed by atoms with Crippen LogP contribution in [-0.4, -0.2) is 35.3 Å². The second kappa shape index (κ2) is 11.8. The first-order chi connectivity index (χ1) is 17.5. The minimum absolute atomic E-state index is 0.0638. The highest BCUT2D eigenvalue weighted by Crippen LogP contribution is 2.40. The Morgan fingerprint density at radius 2 is 1.92 bits per heavy atom. The number of nitrogens with zero attached hydrogens (tertiary/aromatic N) is 2. The number of aromatic nitrogens is 2. The van der Waals surface area contributed by atoms with Crippen LogP contribution in [0.2, 0.25) is 0 Å². The zero-order valence-corrected chi connectivity index (χ0v) is 21.5. The van der Waals surface area contributed by atoms with Crippen molar-refractivity contribution in [2.75, 3.05) is 18.7 Å². The Bertz CT molecular complexity index is 1160. The van der Waals surface area contributed by atoms with Gasteiger partial charge >= 0.3 is 6.03 Å². The van der Waals surface area contributed by atoms with Gasteiger partial charge in [-0.05, 0) is 45.4 Å². The van der Waals surface area contributed by atoms with E-state index in [-0.39, 0.29) is 24.8 Å². The van der Waals surface area contributed by atoms with Crippen LogP contribution < -0.4 is 24.8 Å². The molecule has 8 heteroatoms. The van der Waals surface area contributed by atoms with Crippen LogP contribution in [0.1, 0.15) is 63.6 Å². The van der Waals surface area contributed by atoms with Crippen molar-refractivity contribution < 1.29 is 19.0 Å². The van der Waals surface area contributed by atoms with Gasteiger partial charge < -0.3 is 19.5 Å². The fourth-order valence-corrected chi connectivity index (χ4v) is 4.41. The van der Waals surface area contributed by atoms with Gasteiger partial charge in [0.25, 0.3) is 0 Å². The summed E-state index contributed by atoms with van der Waals surface area (Å²) in [4.78, 5) is 13.2. The van der Waals surface area contributed by atoms with Crippen molar-refractivity contribution in [3.05, 3.63) is 59.8 Å². The number of nitrogens with one attached hydrogen (secondary N) is 2. The van der Waals surface area contributed by atoms with Crippen LogP contribution in [0.4, 0.5) is 10.6 Å². The molecule has 1 aromatic heterocycles. The van der Waals surface area contributed by atoms with Crippen molar-refractivity contribution in [3.8, 4) is 22.9 Å². The van der Waals surface area contributed by atoms with E-state index in [4.69, 9.17) is 14.2 Å². The van der Waals surface area contributed by atoms with E-state index in [1.54, 1.807) is 4.68 Å². The van der Waals surface area contributed by atoms with Gasteiger partial charge in [-0.25, -0.2) is 9.48 Å². The number of carbonyl (C=O) groups excluding carboxylic acids is 1. The van der Waals surface area contributed by atoms with E-state index in [2.05, 4.69) is 28.7 Å². The highest BCUT2D eigenvalue weighted by Gasteiger charge is 2.25. The zero-order valence-electron chi connectivity index (χ0n) is 21.5. The van der Waals surface area contributed by atoms with Crippen LogP contribution in [0.3, 0.4) is 0 Å². The lowest BCUT2D eigenvalue weighted by Crippen LogP contribution is -2.33. The van der Waals surface area contributed by atoms with Crippen LogP contribution in [0, 0.1) is 6.92 Å². The molecule has 1 aliphatic rings. The molecule has 1 atom stereocenters. The van der Waals surface area contributed by atoms with E-state index in [0.29, 0.717) is 23.8 Å². The average Bonchev–Trinajstić information content (AvgIpc) is 3.47. The number of benzene rings is 2. The van der Waals surface area contributed by atoms with E-state index >= 15 is 0 Å². The molecule has 2 amide bonds. The molecular weight excluding hydrogens is 456 g/mol. The Balaban J connectivity index is 1.53. The maximum Gasteiger partial charge on any atom is 0.320 e. The van der Waals surface area contributed by atoms with Crippen molar-refractivity contribution in [3.63, 3.8) is 0 Å². The summed E-state index contributed by atoms with van der Waals surface area (Å²) >= 11 is 0. The molecule has 3 aromatic rings. The number of urea groups is 1. The minimum Gasteiger partial charge on any atom is -0.485 e. The normalized spacial score (nSPS) is 13.0. The van der Waals surface area contributed by atoms with E-state index in [1.807, 2.05) is 63.2 Å². The lowest BCUT2D eigenvalue weighted by molar-refractivity contribution is 0.173. The number of ether oxygens (including phenoxy) is 3. The maximum absolute atomic E-state index is 13.2. The molecule has 0 bridgehead atoms. The molecule has 0 saturated carbocycles. The van der Waals surface area contributed by atoms with Crippen LogP contribution in [-0.2, 0) is 0 Å². The molecule has 2 heterocycles. The molecule has 192 valence electrons. The van der Waals surface area contributed by atoms with Crippen molar-refractivity contribution in [2.45, 2.75) is 65.4 Å². The Kier molecular flexibility index (Phi) is 8.36. The van der Waals surface area contributed by atoms with Gasteiger partial charge in [-0.3, -0.25) is 5.32 Å². The molecule has 0 unspecified atom stereocenters.